The lowest BCUT2D eigenvalue weighted by Gasteiger charge is -2.18. The summed E-state index contributed by atoms with van der Waals surface area (Å²) in [5.41, 5.74) is 7.66. The van der Waals surface area contributed by atoms with Gasteiger partial charge in [-0.25, -0.2) is 0 Å². The van der Waals surface area contributed by atoms with Crippen LogP contribution in [-0.2, 0) is 0 Å². The zero-order chi connectivity index (χ0) is 26.9. The van der Waals surface area contributed by atoms with Gasteiger partial charge < -0.3 is 0 Å². The quantitative estimate of drug-likeness (QED) is 0.199. The molecule has 0 unspecified atom stereocenters. The van der Waals surface area contributed by atoms with Crippen molar-refractivity contribution in [2.75, 3.05) is 0 Å². The molecule has 1 heterocycles. The Kier molecular flexibility index (Phi) is 6.51. The molecule has 0 amide bonds. The second-order valence-electron chi connectivity index (χ2n) is 10.6. The maximum Gasteiger partial charge on any atom is 0.0349 e. The smallest absolute Gasteiger partial charge is 0.0349 e. The molecule has 40 heavy (non-hydrogen) atoms. The van der Waals surface area contributed by atoms with Crippen molar-refractivity contribution in [3.63, 3.8) is 0 Å². The topological polar surface area (TPSA) is 0 Å². The standard InChI is InChI=1S/C39H30S/c1-27-11-9-15-30(16-10-12-27)38-32-17-5-7-19-34(32)39(35-20-8-6-18-33(35)38)31-23-21-29(22-24-31)37-26-25-36(40-37)28-13-3-2-4-14-28/h2-11,13-27H,12H2,1H3/b11-9-,16-10-,30-15+/t27-/m1/s1. The minimum absolute atomic E-state index is 0.562. The van der Waals surface area contributed by atoms with Crippen LogP contribution in [0.1, 0.15) is 18.9 Å². The van der Waals surface area contributed by atoms with Crippen LogP contribution in [0.25, 0.3) is 59.1 Å². The van der Waals surface area contributed by atoms with Gasteiger partial charge in [0.2, 0.25) is 0 Å². The molecule has 0 bridgehead atoms. The average molecular weight is 531 g/mol. The molecule has 1 atom stereocenters. The highest BCUT2D eigenvalue weighted by molar-refractivity contribution is 7.18. The van der Waals surface area contributed by atoms with Gasteiger partial charge in [0, 0.05) is 9.75 Å². The van der Waals surface area contributed by atoms with Gasteiger partial charge in [-0.15, -0.1) is 11.3 Å². The molecule has 7 rings (SSSR count). The van der Waals surface area contributed by atoms with Crippen LogP contribution in [0.5, 0.6) is 0 Å². The molecule has 0 aliphatic heterocycles. The summed E-state index contributed by atoms with van der Waals surface area (Å²) in [6.45, 7) is 2.27. The molecule has 0 saturated carbocycles. The maximum absolute atomic E-state index is 2.32. The Labute approximate surface area is 240 Å². The van der Waals surface area contributed by atoms with Crippen LogP contribution in [0.2, 0.25) is 0 Å². The molecule has 1 heteroatoms. The minimum atomic E-state index is 0.562. The molecule has 1 aliphatic rings. The van der Waals surface area contributed by atoms with E-state index in [1.54, 1.807) is 0 Å². The Hall–Kier alpha value is -4.46. The van der Waals surface area contributed by atoms with Crippen LogP contribution in [0.4, 0.5) is 0 Å². The molecule has 0 saturated heterocycles. The normalized spacial score (nSPS) is 18.1. The van der Waals surface area contributed by atoms with E-state index >= 15 is 0 Å². The third kappa shape index (κ3) is 4.53. The van der Waals surface area contributed by atoms with Crippen molar-refractivity contribution >= 4 is 38.5 Å². The van der Waals surface area contributed by atoms with E-state index in [2.05, 4.69) is 153 Å². The van der Waals surface area contributed by atoms with Crippen LogP contribution in [0, 0.1) is 5.92 Å². The van der Waals surface area contributed by atoms with Gasteiger partial charge in [-0.1, -0.05) is 140 Å². The maximum atomic E-state index is 2.32. The number of hydrogen-bond acceptors (Lipinski definition) is 1. The zero-order valence-corrected chi connectivity index (χ0v) is 23.4. The fourth-order valence-electron chi connectivity index (χ4n) is 5.86. The first-order valence-electron chi connectivity index (χ1n) is 14.0. The first-order chi connectivity index (χ1) is 19.8. The highest BCUT2D eigenvalue weighted by Gasteiger charge is 2.17. The monoisotopic (exact) mass is 530 g/mol. The molecule has 0 N–H and O–H groups in total. The summed E-state index contributed by atoms with van der Waals surface area (Å²) in [4.78, 5) is 2.59. The fraction of sp³-hybridized carbons (Fsp3) is 0.0769. The lowest BCUT2D eigenvalue weighted by molar-refractivity contribution is 0.744. The third-order valence-corrected chi connectivity index (χ3v) is 9.05. The first-order valence-corrected chi connectivity index (χ1v) is 14.8. The van der Waals surface area contributed by atoms with E-state index in [4.69, 9.17) is 0 Å². The Balaban J connectivity index is 1.37. The van der Waals surface area contributed by atoms with E-state index in [0.717, 1.165) is 6.42 Å². The van der Waals surface area contributed by atoms with Gasteiger partial charge >= 0.3 is 0 Å². The number of rotatable bonds is 4. The molecule has 6 aromatic rings. The van der Waals surface area contributed by atoms with E-state index in [1.807, 2.05) is 11.3 Å². The lowest BCUT2D eigenvalue weighted by Crippen LogP contribution is -1.94. The van der Waals surface area contributed by atoms with Crippen LogP contribution < -0.4 is 0 Å². The van der Waals surface area contributed by atoms with Gasteiger partial charge in [0.25, 0.3) is 0 Å². The third-order valence-electron chi connectivity index (χ3n) is 7.86. The molecule has 0 radical (unpaired) electrons. The molecular weight excluding hydrogens is 500 g/mol. The van der Waals surface area contributed by atoms with E-state index in [0.29, 0.717) is 5.92 Å². The zero-order valence-electron chi connectivity index (χ0n) is 22.5. The van der Waals surface area contributed by atoms with Gasteiger partial charge in [0.05, 0.1) is 0 Å². The fourth-order valence-corrected chi connectivity index (χ4v) is 6.88. The molecule has 1 aromatic heterocycles. The van der Waals surface area contributed by atoms with Crippen LogP contribution in [0.3, 0.4) is 0 Å². The Morgan fingerprint density at radius 3 is 1.70 bits per heavy atom. The largest absolute Gasteiger partial charge is 0.135 e. The van der Waals surface area contributed by atoms with E-state index in [9.17, 15) is 0 Å². The summed E-state index contributed by atoms with van der Waals surface area (Å²) in [7, 11) is 0. The van der Waals surface area contributed by atoms with Crippen molar-refractivity contribution in [3.05, 3.63) is 151 Å². The number of allylic oxidation sites excluding steroid dienone is 6. The Morgan fingerprint density at radius 1 is 0.550 bits per heavy atom. The predicted octanol–water partition coefficient (Wildman–Crippen LogP) is 11.6. The Morgan fingerprint density at radius 2 is 1.07 bits per heavy atom. The summed E-state index contributed by atoms with van der Waals surface area (Å²) in [6.07, 6.45) is 12.5. The highest BCUT2D eigenvalue weighted by Crippen LogP contribution is 2.43. The van der Waals surface area contributed by atoms with E-state index in [-0.39, 0.29) is 0 Å². The van der Waals surface area contributed by atoms with E-state index < -0.39 is 0 Å². The van der Waals surface area contributed by atoms with Gasteiger partial charge in [-0.2, -0.15) is 0 Å². The van der Waals surface area contributed by atoms with Crippen molar-refractivity contribution in [1.29, 1.82) is 0 Å². The molecule has 192 valence electrons. The predicted molar refractivity (Wildman–Crippen MR) is 176 cm³/mol. The van der Waals surface area contributed by atoms with Gasteiger partial charge in [-0.3, -0.25) is 0 Å². The van der Waals surface area contributed by atoms with Crippen molar-refractivity contribution < 1.29 is 0 Å². The molecule has 0 fully saturated rings. The average Bonchev–Trinajstić information content (AvgIpc) is 3.49. The number of hydrogen-bond donors (Lipinski definition) is 0. The van der Waals surface area contributed by atoms with Gasteiger partial charge in [0.15, 0.2) is 0 Å². The molecule has 0 spiro atoms. The van der Waals surface area contributed by atoms with Gasteiger partial charge in [-0.05, 0) is 79.4 Å². The minimum Gasteiger partial charge on any atom is -0.135 e. The van der Waals surface area contributed by atoms with Crippen LogP contribution >= 0.6 is 11.3 Å². The van der Waals surface area contributed by atoms with Crippen LogP contribution in [0.15, 0.2) is 146 Å². The summed E-state index contributed by atoms with van der Waals surface area (Å²) in [5, 5.41) is 5.17. The summed E-state index contributed by atoms with van der Waals surface area (Å²) in [6, 6.07) is 42.0. The molecular formula is C39H30S. The Bertz CT molecular complexity index is 1860. The second kappa shape index (κ2) is 10.6. The summed E-state index contributed by atoms with van der Waals surface area (Å²) >= 11 is 1.85. The van der Waals surface area contributed by atoms with Gasteiger partial charge in [0.1, 0.15) is 0 Å². The summed E-state index contributed by atoms with van der Waals surface area (Å²) < 4.78 is 0. The SMILES string of the molecule is C[C@@H]1\C=C/C=C(c2c3ccccc3c(-c3ccc(-c4ccc(-c5ccccc5)s4)cc3)c3ccccc23)\C=C/C1. The number of fused-ring (bicyclic) bond motifs is 2. The van der Waals surface area contributed by atoms with Crippen molar-refractivity contribution in [2.45, 2.75) is 13.3 Å². The van der Waals surface area contributed by atoms with E-state index in [1.165, 1.54) is 64.7 Å². The molecule has 5 aromatic carbocycles. The lowest BCUT2D eigenvalue weighted by atomic mass is 9.85. The van der Waals surface area contributed by atoms with Crippen molar-refractivity contribution in [1.82, 2.24) is 0 Å². The molecule has 0 nitrogen and oxygen atoms in total. The van der Waals surface area contributed by atoms with Crippen molar-refractivity contribution in [2.24, 2.45) is 5.92 Å². The number of thiophene rings is 1. The summed E-state index contributed by atoms with van der Waals surface area (Å²) in [5.74, 6) is 0.562. The number of benzene rings is 5. The van der Waals surface area contributed by atoms with Crippen molar-refractivity contribution in [3.8, 4) is 32.0 Å². The molecule has 1 aliphatic carbocycles. The van der Waals surface area contributed by atoms with Crippen LogP contribution in [-0.4, -0.2) is 0 Å². The highest BCUT2D eigenvalue weighted by atomic mass is 32.1. The second-order valence-corrected chi connectivity index (χ2v) is 11.7. The first kappa shape index (κ1) is 24.6.